The van der Waals surface area contributed by atoms with Crippen molar-refractivity contribution in [3.63, 3.8) is 0 Å². The van der Waals surface area contributed by atoms with Crippen LogP contribution in [0.25, 0.3) is 10.8 Å². The van der Waals surface area contributed by atoms with E-state index in [9.17, 15) is 9.59 Å². The van der Waals surface area contributed by atoms with Crippen molar-refractivity contribution in [1.82, 2.24) is 10.2 Å². The maximum absolute atomic E-state index is 11.4. The number of carbonyl (C=O) groups is 1. The molecule has 5 nitrogen and oxygen atoms in total. The molecular formula is C9H5IN2O3. The summed E-state index contributed by atoms with van der Waals surface area (Å²) in [5, 5.41) is 15.9. The highest BCUT2D eigenvalue weighted by molar-refractivity contribution is 14.1. The lowest BCUT2D eigenvalue weighted by Crippen LogP contribution is -2.10. The highest BCUT2D eigenvalue weighted by Crippen LogP contribution is 2.16. The molecule has 0 saturated heterocycles. The van der Waals surface area contributed by atoms with Gasteiger partial charge in [0, 0.05) is 5.39 Å². The molecule has 0 fully saturated rings. The Hall–Kier alpha value is -1.44. The third kappa shape index (κ3) is 1.72. The van der Waals surface area contributed by atoms with Gasteiger partial charge in [-0.05, 0) is 34.7 Å². The summed E-state index contributed by atoms with van der Waals surface area (Å²) in [4.78, 5) is 22.1. The number of carboxylic acid groups (broad SMARTS) is 1. The van der Waals surface area contributed by atoms with E-state index in [2.05, 4.69) is 10.2 Å². The zero-order valence-electron chi connectivity index (χ0n) is 7.32. The van der Waals surface area contributed by atoms with Crippen LogP contribution in [-0.2, 0) is 0 Å². The second-order valence-corrected chi connectivity index (χ2v) is 3.93. The SMILES string of the molecule is O=C(O)c1ccc2c(I)n[nH]c(=O)c2c1. The van der Waals surface area contributed by atoms with Gasteiger partial charge in [-0.15, -0.1) is 0 Å². The smallest absolute Gasteiger partial charge is 0.335 e. The van der Waals surface area contributed by atoms with Crippen LogP contribution < -0.4 is 5.56 Å². The number of aromatic amines is 1. The minimum absolute atomic E-state index is 0.0926. The zero-order valence-corrected chi connectivity index (χ0v) is 9.48. The number of benzene rings is 1. The molecule has 0 bridgehead atoms. The van der Waals surface area contributed by atoms with Gasteiger partial charge >= 0.3 is 5.97 Å². The molecule has 76 valence electrons. The summed E-state index contributed by atoms with van der Waals surface area (Å²) < 4.78 is 0.638. The Balaban J connectivity index is 2.87. The van der Waals surface area contributed by atoms with Gasteiger partial charge in [-0.2, -0.15) is 5.10 Å². The molecule has 0 saturated carbocycles. The average molecular weight is 316 g/mol. The Morgan fingerprint density at radius 2 is 2.13 bits per heavy atom. The number of aromatic carboxylic acids is 1. The monoisotopic (exact) mass is 316 g/mol. The molecule has 0 unspecified atom stereocenters. The minimum Gasteiger partial charge on any atom is -0.478 e. The number of hydrogen-bond acceptors (Lipinski definition) is 3. The van der Waals surface area contributed by atoms with E-state index in [1.165, 1.54) is 12.1 Å². The number of rotatable bonds is 1. The van der Waals surface area contributed by atoms with Gasteiger partial charge < -0.3 is 5.11 Å². The van der Waals surface area contributed by atoms with Gasteiger partial charge in [-0.25, -0.2) is 9.89 Å². The highest BCUT2D eigenvalue weighted by atomic mass is 127. The van der Waals surface area contributed by atoms with Crippen LogP contribution >= 0.6 is 22.6 Å². The van der Waals surface area contributed by atoms with Crippen molar-refractivity contribution in [3.8, 4) is 0 Å². The van der Waals surface area contributed by atoms with E-state index in [0.29, 0.717) is 14.5 Å². The number of H-pyrrole nitrogens is 1. The predicted octanol–water partition coefficient (Wildman–Crippen LogP) is 1.23. The molecule has 2 rings (SSSR count). The maximum Gasteiger partial charge on any atom is 0.335 e. The minimum atomic E-state index is -1.05. The van der Waals surface area contributed by atoms with E-state index in [-0.39, 0.29) is 11.1 Å². The van der Waals surface area contributed by atoms with Gasteiger partial charge in [0.2, 0.25) is 0 Å². The largest absolute Gasteiger partial charge is 0.478 e. The molecular weight excluding hydrogens is 311 g/mol. The van der Waals surface area contributed by atoms with Crippen LogP contribution in [0.15, 0.2) is 23.0 Å². The van der Waals surface area contributed by atoms with E-state index in [1.54, 1.807) is 6.07 Å². The summed E-state index contributed by atoms with van der Waals surface area (Å²) >= 11 is 1.98. The molecule has 0 spiro atoms. The van der Waals surface area contributed by atoms with Crippen molar-refractivity contribution in [1.29, 1.82) is 0 Å². The number of fused-ring (bicyclic) bond motifs is 1. The summed E-state index contributed by atoms with van der Waals surface area (Å²) in [6, 6.07) is 4.39. The first-order chi connectivity index (χ1) is 7.09. The van der Waals surface area contributed by atoms with Crippen molar-refractivity contribution in [2.24, 2.45) is 0 Å². The van der Waals surface area contributed by atoms with Gasteiger partial charge in [0.25, 0.3) is 5.56 Å². The molecule has 0 radical (unpaired) electrons. The molecule has 0 aliphatic rings. The topological polar surface area (TPSA) is 83.0 Å². The summed E-state index contributed by atoms with van der Waals surface area (Å²) in [7, 11) is 0. The lowest BCUT2D eigenvalue weighted by atomic mass is 10.1. The third-order valence-electron chi connectivity index (χ3n) is 1.99. The van der Waals surface area contributed by atoms with Crippen molar-refractivity contribution in [2.45, 2.75) is 0 Å². The Bertz CT molecular complexity index is 606. The van der Waals surface area contributed by atoms with E-state index in [4.69, 9.17) is 5.11 Å². The Kier molecular flexibility index (Phi) is 2.43. The Morgan fingerprint density at radius 1 is 1.40 bits per heavy atom. The first kappa shape index (κ1) is 10.1. The fourth-order valence-corrected chi connectivity index (χ4v) is 1.86. The molecule has 2 N–H and O–H groups in total. The lowest BCUT2D eigenvalue weighted by Gasteiger charge is -1.99. The first-order valence-corrected chi connectivity index (χ1v) is 5.08. The van der Waals surface area contributed by atoms with Crippen LogP contribution in [0.2, 0.25) is 0 Å². The quantitative estimate of drug-likeness (QED) is 0.775. The second kappa shape index (κ2) is 3.61. The summed E-state index contributed by atoms with van der Waals surface area (Å²) in [6.07, 6.45) is 0. The van der Waals surface area contributed by atoms with Gasteiger partial charge in [0.05, 0.1) is 10.9 Å². The lowest BCUT2D eigenvalue weighted by molar-refractivity contribution is 0.0697. The molecule has 1 aromatic carbocycles. The van der Waals surface area contributed by atoms with Gasteiger partial charge in [0.1, 0.15) is 3.70 Å². The number of nitrogens with zero attached hydrogens (tertiary/aromatic N) is 1. The van der Waals surface area contributed by atoms with Crippen molar-refractivity contribution in [3.05, 3.63) is 37.8 Å². The second-order valence-electron chi connectivity index (χ2n) is 2.91. The number of hydrogen-bond donors (Lipinski definition) is 2. The van der Waals surface area contributed by atoms with Crippen LogP contribution in [0.5, 0.6) is 0 Å². The normalized spacial score (nSPS) is 10.5. The highest BCUT2D eigenvalue weighted by Gasteiger charge is 2.08. The van der Waals surface area contributed by atoms with E-state index < -0.39 is 5.97 Å². The molecule has 1 heterocycles. The number of nitrogens with one attached hydrogen (secondary N) is 1. The standard InChI is InChI=1S/C9H5IN2O3/c10-7-5-2-1-4(9(14)15)3-6(5)8(13)12-11-7/h1-3H,(H,12,13)(H,14,15). The average Bonchev–Trinajstić information content (AvgIpc) is 2.23. The predicted molar refractivity (Wildman–Crippen MR) is 62.0 cm³/mol. The summed E-state index contributed by atoms with van der Waals surface area (Å²) in [5.41, 5.74) is -0.288. The molecule has 1 aromatic heterocycles. The Morgan fingerprint density at radius 3 is 2.80 bits per heavy atom. The van der Waals surface area contributed by atoms with Crippen LogP contribution in [0.3, 0.4) is 0 Å². The third-order valence-corrected chi connectivity index (χ3v) is 2.81. The van der Waals surface area contributed by atoms with Gasteiger partial charge in [-0.3, -0.25) is 4.79 Å². The van der Waals surface area contributed by atoms with E-state index in [1.807, 2.05) is 22.6 Å². The zero-order chi connectivity index (χ0) is 11.0. The summed E-state index contributed by atoms with van der Waals surface area (Å²) in [5.74, 6) is -1.05. The maximum atomic E-state index is 11.4. The Labute approximate surface area is 97.3 Å². The van der Waals surface area contributed by atoms with Crippen LogP contribution in [-0.4, -0.2) is 21.3 Å². The number of aromatic nitrogens is 2. The molecule has 2 aromatic rings. The number of halogens is 1. The first-order valence-electron chi connectivity index (χ1n) is 4.01. The van der Waals surface area contributed by atoms with E-state index in [0.717, 1.165) is 0 Å². The molecule has 15 heavy (non-hydrogen) atoms. The fraction of sp³-hybridized carbons (Fsp3) is 0. The van der Waals surface area contributed by atoms with Crippen molar-refractivity contribution < 1.29 is 9.90 Å². The van der Waals surface area contributed by atoms with Crippen LogP contribution in [0, 0.1) is 3.70 Å². The summed E-state index contributed by atoms with van der Waals surface area (Å²) in [6.45, 7) is 0. The van der Waals surface area contributed by atoms with Gasteiger partial charge in [-0.1, -0.05) is 6.07 Å². The molecule has 0 aliphatic heterocycles. The molecule has 0 atom stereocenters. The fourth-order valence-electron chi connectivity index (χ4n) is 1.27. The van der Waals surface area contributed by atoms with Crippen molar-refractivity contribution in [2.75, 3.05) is 0 Å². The molecule has 0 amide bonds. The number of carboxylic acids is 1. The van der Waals surface area contributed by atoms with Gasteiger partial charge in [0.15, 0.2) is 0 Å². The van der Waals surface area contributed by atoms with Crippen LogP contribution in [0.1, 0.15) is 10.4 Å². The van der Waals surface area contributed by atoms with Crippen LogP contribution in [0.4, 0.5) is 0 Å². The molecule has 6 heteroatoms. The van der Waals surface area contributed by atoms with Crippen molar-refractivity contribution >= 4 is 39.3 Å². The van der Waals surface area contributed by atoms with E-state index >= 15 is 0 Å². The molecule has 0 aliphatic carbocycles.